The van der Waals surface area contributed by atoms with E-state index in [0.717, 1.165) is 17.4 Å². The predicted octanol–water partition coefficient (Wildman–Crippen LogP) is 1.86. The zero-order valence-electron chi connectivity index (χ0n) is 14.9. The highest BCUT2D eigenvalue weighted by Gasteiger charge is 2.24. The fourth-order valence-electron chi connectivity index (χ4n) is 2.38. The van der Waals surface area contributed by atoms with E-state index in [2.05, 4.69) is 9.50 Å². The van der Waals surface area contributed by atoms with Gasteiger partial charge in [0.1, 0.15) is 6.61 Å². The van der Waals surface area contributed by atoms with Crippen LogP contribution in [0.3, 0.4) is 0 Å². The lowest BCUT2D eigenvalue weighted by molar-refractivity contribution is 0.0685. The number of carbonyl (C=O) groups excluding carboxylic acids is 1. The fourth-order valence-corrected chi connectivity index (χ4v) is 2.76. The Morgan fingerprint density at radius 1 is 1.04 bits per heavy atom. The third kappa shape index (κ3) is 8.21. The van der Waals surface area contributed by atoms with Gasteiger partial charge in [-0.05, 0) is 17.5 Å². The molecule has 0 spiro atoms. The van der Waals surface area contributed by atoms with E-state index in [9.17, 15) is 18.3 Å². The summed E-state index contributed by atoms with van der Waals surface area (Å²) in [5, 5.41) is 12.9. The van der Waals surface area contributed by atoms with E-state index in [-0.39, 0.29) is 13.0 Å². The summed E-state index contributed by atoms with van der Waals surface area (Å²) in [6.07, 6.45) is -0.759. The molecule has 0 aliphatic rings. The van der Waals surface area contributed by atoms with E-state index in [1.807, 2.05) is 60.7 Å². The molecule has 0 radical (unpaired) electrons. The summed E-state index contributed by atoms with van der Waals surface area (Å²) >= 11 is 0. The molecule has 0 aliphatic heterocycles. The van der Waals surface area contributed by atoms with Crippen molar-refractivity contribution in [3.05, 3.63) is 71.8 Å². The van der Waals surface area contributed by atoms with Gasteiger partial charge in [0, 0.05) is 0 Å². The van der Waals surface area contributed by atoms with Crippen LogP contribution in [0.4, 0.5) is 4.79 Å². The Bertz CT molecular complexity index is 811. The monoisotopic (exact) mass is 393 g/mol. The van der Waals surface area contributed by atoms with E-state index < -0.39 is 35.0 Å². The number of alkyl carbamates (subject to hydrolysis) is 1. The molecule has 27 heavy (non-hydrogen) atoms. The zero-order chi connectivity index (χ0) is 19.7. The molecule has 0 heterocycles. The molecule has 0 fully saturated rings. The van der Waals surface area contributed by atoms with Crippen LogP contribution in [0, 0.1) is 0 Å². The van der Waals surface area contributed by atoms with Crippen molar-refractivity contribution in [2.45, 2.75) is 25.2 Å². The van der Waals surface area contributed by atoms with Crippen molar-refractivity contribution in [2.75, 3.05) is 12.9 Å². The van der Waals surface area contributed by atoms with E-state index in [1.54, 1.807) is 0 Å². The van der Waals surface area contributed by atoms with Gasteiger partial charge in [-0.2, -0.15) is 8.42 Å². The van der Waals surface area contributed by atoms with E-state index in [1.165, 1.54) is 0 Å². The maximum Gasteiger partial charge on any atom is 0.407 e. The summed E-state index contributed by atoms with van der Waals surface area (Å²) in [6.45, 7) is -0.379. The molecule has 2 rings (SSSR count). The van der Waals surface area contributed by atoms with Crippen LogP contribution in [0.15, 0.2) is 60.7 Å². The molecule has 1 amide bonds. The topological polar surface area (TPSA) is 102 Å². The van der Waals surface area contributed by atoms with Crippen molar-refractivity contribution < 1.29 is 27.2 Å². The average molecular weight is 393 g/mol. The molecule has 7 nitrogen and oxygen atoms in total. The highest BCUT2D eigenvalue weighted by atomic mass is 32.2. The summed E-state index contributed by atoms with van der Waals surface area (Å²) in [5.41, 5.74) is 1.69. The Kier molecular flexibility index (Phi) is 7.78. The third-order valence-electron chi connectivity index (χ3n) is 3.73. The first-order chi connectivity index (χ1) is 12.8. The van der Waals surface area contributed by atoms with Crippen molar-refractivity contribution in [3.8, 4) is 0 Å². The van der Waals surface area contributed by atoms with Crippen LogP contribution in [0.1, 0.15) is 11.1 Å². The minimum atomic E-state index is -3.70. The molecule has 2 aromatic carbocycles. The number of rotatable bonds is 9. The van der Waals surface area contributed by atoms with Crippen LogP contribution in [-0.2, 0) is 32.1 Å². The average Bonchev–Trinajstić information content (AvgIpc) is 2.65. The number of aliphatic hydroxyl groups is 1. The molecule has 0 bridgehead atoms. The molecule has 0 aromatic heterocycles. The Hall–Kier alpha value is -2.42. The van der Waals surface area contributed by atoms with Crippen molar-refractivity contribution in [1.29, 1.82) is 0 Å². The standard InChI is InChI=1S/C19H23NO6S/c1-27(23,24)26-14-18(21)17(12-15-8-4-2-5-9-15)20-19(22)25-13-16-10-6-3-7-11-16/h2-11,17-18,21H,12-14H2,1H3,(H,20,22)/t17-,18-/m1/s1. The Morgan fingerprint density at radius 2 is 1.59 bits per heavy atom. The number of aliphatic hydroxyl groups excluding tert-OH is 1. The summed E-state index contributed by atoms with van der Waals surface area (Å²) in [5.74, 6) is 0. The first-order valence-electron chi connectivity index (χ1n) is 8.37. The summed E-state index contributed by atoms with van der Waals surface area (Å²) in [6, 6.07) is 17.6. The van der Waals surface area contributed by atoms with Gasteiger partial charge >= 0.3 is 6.09 Å². The molecule has 0 saturated heterocycles. The van der Waals surface area contributed by atoms with Gasteiger partial charge in [0.2, 0.25) is 0 Å². The maximum absolute atomic E-state index is 12.1. The van der Waals surface area contributed by atoms with Crippen molar-refractivity contribution in [1.82, 2.24) is 5.32 Å². The van der Waals surface area contributed by atoms with Crippen LogP contribution < -0.4 is 5.32 Å². The number of ether oxygens (including phenoxy) is 1. The largest absolute Gasteiger partial charge is 0.445 e. The van der Waals surface area contributed by atoms with Crippen LogP contribution >= 0.6 is 0 Å². The van der Waals surface area contributed by atoms with Crippen LogP contribution in [0.2, 0.25) is 0 Å². The Morgan fingerprint density at radius 3 is 2.15 bits per heavy atom. The molecular formula is C19H23NO6S. The highest BCUT2D eigenvalue weighted by Crippen LogP contribution is 2.09. The molecule has 8 heteroatoms. The number of amides is 1. The Balaban J connectivity index is 1.98. The lowest BCUT2D eigenvalue weighted by Gasteiger charge is -2.23. The molecule has 2 atom stereocenters. The second-order valence-corrected chi connectivity index (χ2v) is 7.70. The van der Waals surface area contributed by atoms with E-state index >= 15 is 0 Å². The van der Waals surface area contributed by atoms with Gasteiger partial charge in [0.15, 0.2) is 0 Å². The van der Waals surface area contributed by atoms with E-state index in [4.69, 9.17) is 4.74 Å². The first-order valence-corrected chi connectivity index (χ1v) is 10.2. The SMILES string of the molecule is CS(=O)(=O)OC[C@@H](O)[C@@H](Cc1ccccc1)NC(=O)OCc1ccccc1. The number of hydrogen-bond acceptors (Lipinski definition) is 6. The van der Waals surface area contributed by atoms with Crippen molar-refractivity contribution in [3.63, 3.8) is 0 Å². The van der Waals surface area contributed by atoms with Gasteiger partial charge in [-0.15, -0.1) is 0 Å². The highest BCUT2D eigenvalue weighted by molar-refractivity contribution is 7.85. The summed E-state index contributed by atoms with van der Waals surface area (Å²) < 4.78 is 32.1. The quantitative estimate of drug-likeness (QED) is 0.631. The number of nitrogens with one attached hydrogen (secondary N) is 1. The molecule has 146 valence electrons. The molecule has 0 unspecified atom stereocenters. The van der Waals surface area contributed by atoms with E-state index in [0.29, 0.717) is 0 Å². The van der Waals surface area contributed by atoms with Crippen LogP contribution in [0.5, 0.6) is 0 Å². The smallest absolute Gasteiger partial charge is 0.407 e. The molecule has 2 aromatic rings. The predicted molar refractivity (Wildman–Crippen MR) is 100 cm³/mol. The molecule has 0 aliphatic carbocycles. The normalized spacial score (nSPS) is 13.6. The summed E-state index contributed by atoms with van der Waals surface area (Å²) in [7, 11) is -3.70. The third-order valence-corrected chi connectivity index (χ3v) is 4.30. The van der Waals surface area contributed by atoms with Gasteiger partial charge in [-0.3, -0.25) is 4.18 Å². The maximum atomic E-state index is 12.1. The molecule has 2 N–H and O–H groups in total. The van der Waals surface area contributed by atoms with Crippen molar-refractivity contribution >= 4 is 16.2 Å². The molecule has 0 saturated carbocycles. The number of benzene rings is 2. The van der Waals surface area contributed by atoms with Gasteiger partial charge in [-0.25, -0.2) is 4.79 Å². The molecular weight excluding hydrogens is 370 g/mol. The zero-order valence-corrected chi connectivity index (χ0v) is 15.8. The minimum Gasteiger partial charge on any atom is -0.445 e. The van der Waals surface area contributed by atoms with Crippen LogP contribution in [0.25, 0.3) is 0 Å². The lowest BCUT2D eigenvalue weighted by Crippen LogP contribution is -2.47. The summed E-state index contributed by atoms with van der Waals surface area (Å²) in [4.78, 5) is 12.1. The second-order valence-electron chi connectivity index (χ2n) is 6.06. The van der Waals surface area contributed by atoms with Gasteiger partial charge in [0.25, 0.3) is 10.1 Å². The van der Waals surface area contributed by atoms with Gasteiger partial charge in [-0.1, -0.05) is 60.7 Å². The fraction of sp³-hybridized carbons (Fsp3) is 0.316. The second kappa shape index (κ2) is 10.1. The van der Waals surface area contributed by atoms with Gasteiger partial charge in [0.05, 0.1) is 25.0 Å². The first kappa shape index (κ1) is 20.9. The van der Waals surface area contributed by atoms with Crippen LogP contribution in [-0.4, -0.2) is 44.6 Å². The van der Waals surface area contributed by atoms with Gasteiger partial charge < -0.3 is 15.2 Å². The van der Waals surface area contributed by atoms with Crippen molar-refractivity contribution in [2.24, 2.45) is 0 Å². The minimum absolute atomic E-state index is 0.0840. The Labute approximate surface area is 159 Å². The number of carbonyl (C=O) groups is 1. The number of hydrogen-bond donors (Lipinski definition) is 2. The lowest BCUT2D eigenvalue weighted by atomic mass is 10.0.